The molecule has 0 bridgehead atoms. The fourth-order valence-electron chi connectivity index (χ4n) is 3.48. The Hall–Kier alpha value is -2.87. The molecule has 2 N–H and O–H groups in total. The number of rotatable bonds is 11. The van der Waals surface area contributed by atoms with E-state index < -0.39 is 17.9 Å². The number of carboxylic acids is 1. The van der Waals surface area contributed by atoms with E-state index in [0.29, 0.717) is 35.1 Å². The van der Waals surface area contributed by atoms with E-state index in [0.717, 1.165) is 22.0 Å². The molecule has 0 aliphatic heterocycles. The van der Waals surface area contributed by atoms with Crippen LogP contribution in [0.25, 0.3) is 11.3 Å². The smallest absolute Gasteiger partial charge is 0.326 e. The van der Waals surface area contributed by atoms with Crippen LogP contribution in [0.1, 0.15) is 36.2 Å². The fraction of sp³-hybridized carbons (Fsp3) is 0.269. The first-order valence-electron chi connectivity index (χ1n) is 11.1. The predicted molar refractivity (Wildman–Crippen MR) is 144 cm³/mol. The minimum Gasteiger partial charge on any atom is -0.480 e. The van der Waals surface area contributed by atoms with Crippen LogP contribution in [-0.2, 0) is 11.3 Å². The molecule has 0 aliphatic carbocycles. The van der Waals surface area contributed by atoms with Crippen LogP contribution >= 0.6 is 34.5 Å². The lowest BCUT2D eigenvalue weighted by Gasteiger charge is -2.20. The second-order valence-electron chi connectivity index (χ2n) is 8.50. The van der Waals surface area contributed by atoms with Gasteiger partial charge in [-0.15, -0.1) is 17.9 Å². The summed E-state index contributed by atoms with van der Waals surface area (Å²) in [4.78, 5) is 30.8. The maximum Gasteiger partial charge on any atom is 0.326 e. The molecule has 1 atom stereocenters. The summed E-state index contributed by atoms with van der Waals surface area (Å²) in [6.45, 7) is 8.84. The van der Waals surface area contributed by atoms with E-state index in [4.69, 9.17) is 28.2 Å². The second-order valence-corrected chi connectivity index (χ2v) is 10.2. The monoisotopic (exact) mass is 531 g/mol. The number of hydrogen-bond donors (Lipinski definition) is 2. The molecule has 1 heterocycles. The van der Waals surface area contributed by atoms with Crippen molar-refractivity contribution in [2.24, 2.45) is 5.92 Å². The molecule has 3 aromatic rings. The molecule has 0 saturated heterocycles. The molecule has 0 spiro atoms. The van der Waals surface area contributed by atoms with Crippen LogP contribution in [0, 0.1) is 5.92 Å². The number of aromatic nitrogens is 1. The number of aliphatic carboxylic acids is 1. The molecule has 9 heteroatoms. The number of hydrogen-bond acceptors (Lipinski definition) is 5. The van der Waals surface area contributed by atoms with Gasteiger partial charge < -0.3 is 15.3 Å². The number of benzene rings is 2. The summed E-state index contributed by atoms with van der Waals surface area (Å²) in [5.74, 6) is -1.29. The van der Waals surface area contributed by atoms with Crippen molar-refractivity contribution in [1.82, 2.24) is 10.3 Å². The highest BCUT2D eigenvalue weighted by atomic mass is 35.5. The summed E-state index contributed by atoms with van der Waals surface area (Å²) in [7, 11) is 0. The average molecular weight is 532 g/mol. The topological polar surface area (TPSA) is 82.5 Å². The standard InChI is InChI=1S/C26H27Cl2N3O3S/c1-4-11-31(26-30-23(15-35-26)19-9-10-20(27)21(28)13-19)14-17-5-7-18(8-6-17)24(32)29-22(25(33)34)12-16(2)3/h4-10,13,15-16,22H,1,11-12,14H2,2-3H3,(H,29,32)(H,33,34). The van der Waals surface area contributed by atoms with Gasteiger partial charge in [-0.25, -0.2) is 9.78 Å². The Balaban J connectivity index is 1.71. The Kier molecular flexibility index (Phi) is 9.32. The van der Waals surface area contributed by atoms with E-state index in [1.165, 1.54) is 11.3 Å². The van der Waals surface area contributed by atoms with E-state index in [9.17, 15) is 14.7 Å². The zero-order valence-corrected chi connectivity index (χ0v) is 21.8. The van der Waals surface area contributed by atoms with Crippen LogP contribution in [-0.4, -0.2) is 34.6 Å². The van der Waals surface area contributed by atoms with Crippen LogP contribution in [0.4, 0.5) is 5.13 Å². The van der Waals surface area contributed by atoms with Crippen molar-refractivity contribution < 1.29 is 14.7 Å². The molecule has 1 amide bonds. The SMILES string of the molecule is C=CCN(Cc1ccc(C(=O)NC(CC(C)C)C(=O)O)cc1)c1nc(-c2ccc(Cl)c(Cl)c2)cs1. The van der Waals surface area contributed by atoms with Gasteiger partial charge in [0, 0.05) is 29.6 Å². The number of halogens is 2. The Morgan fingerprint density at radius 3 is 2.49 bits per heavy atom. The third-order valence-corrected chi connectivity index (χ3v) is 6.87. The first kappa shape index (κ1) is 26.7. The van der Waals surface area contributed by atoms with Gasteiger partial charge in [-0.05, 0) is 42.2 Å². The van der Waals surface area contributed by atoms with Gasteiger partial charge in [-0.3, -0.25) is 4.79 Å². The maximum atomic E-state index is 12.6. The number of carboxylic acid groups (broad SMARTS) is 1. The predicted octanol–water partition coefficient (Wildman–Crippen LogP) is 6.54. The molecule has 35 heavy (non-hydrogen) atoms. The molecule has 0 saturated carbocycles. The van der Waals surface area contributed by atoms with Crippen molar-refractivity contribution in [3.05, 3.63) is 81.7 Å². The first-order valence-corrected chi connectivity index (χ1v) is 12.7. The lowest BCUT2D eigenvalue weighted by molar-refractivity contribution is -0.139. The maximum absolute atomic E-state index is 12.6. The third-order valence-electron chi connectivity index (χ3n) is 5.23. The zero-order chi connectivity index (χ0) is 25.5. The van der Waals surface area contributed by atoms with Crippen molar-refractivity contribution in [1.29, 1.82) is 0 Å². The zero-order valence-electron chi connectivity index (χ0n) is 19.5. The molecule has 0 aliphatic rings. The van der Waals surface area contributed by atoms with Gasteiger partial charge in [0.25, 0.3) is 5.91 Å². The highest BCUT2D eigenvalue weighted by Crippen LogP contribution is 2.32. The number of amides is 1. The Morgan fingerprint density at radius 2 is 1.89 bits per heavy atom. The van der Waals surface area contributed by atoms with Gasteiger partial charge in [0.2, 0.25) is 0 Å². The molecule has 1 aromatic heterocycles. The highest BCUT2D eigenvalue weighted by molar-refractivity contribution is 7.14. The van der Waals surface area contributed by atoms with Crippen LogP contribution in [0.3, 0.4) is 0 Å². The first-order chi connectivity index (χ1) is 16.7. The number of carbonyl (C=O) groups excluding carboxylic acids is 1. The lowest BCUT2D eigenvalue weighted by Crippen LogP contribution is -2.41. The number of carbonyl (C=O) groups is 2. The normalized spacial score (nSPS) is 11.8. The molecule has 1 unspecified atom stereocenters. The third kappa shape index (κ3) is 7.31. The van der Waals surface area contributed by atoms with Gasteiger partial charge in [-0.1, -0.05) is 61.3 Å². The fourth-order valence-corrected chi connectivity index (χ4v) is 4.62. The average Bonchev–Trinajstić information content (AvgIpc) is 3.30. The Labute approximate surface area is 219 Å². The van der Waals surface area contributed by atoms with Crippen molar-refractivity contribution in [3.63, 3.8) is 0 Å². The number of nitrogens with one attached hydrogen (secondary N) is 1. The minimum absolute atomic E-state index is 0.151. The molecular formula is C26H27Cl2N3O3S. The van der Waals surface area contributed by atoms with Crippen LogP contribution in [0.5, 0.6) is 0 Å². The van der Waals surface area contributed by atoms with Gasteiger partial charge in [0.1, 0.15) is 6.04 Å². The van der Waals surface area contributed by atoms with E-state index in [1.807, 2.05) is 43.5 Å². The number of anilines is 1. The number of thiazole rings is 1. The summed E-state index contributed by atoms with van der Waals surface area (Å²) in [6.07, 6.45) is 2.18. The lowest BCUT2D eigenvalue weighted by atomic mass is 10.0. The van der Waals surface area contributed by atoms with Gasteiger partial charge in [0.15, 0.2) is 5.13 Å². The second kappa shape index (κ2) is 12.2. The Bertz CT molecular complexity index is 1190. The molecule has 0 fully saturated rings. The minimum atomic E-state index is -1.03. The quantitative estimate of drug-likeness (QED) is 0.274. The molecule has 2 aromatic carbocycles. The highest BCUT2D eigenvalue weighted by Gasteiger charge is 2.22. The van der Waals surface area contributed by atoms with E-state index in [-0.39, 0.29) is 5.92 Å². The number of nitrogens with zero attached hydrogens (tertiary/aromatic N) is 2. The van der Waals surface area contributed by atoms with Crippen molar-refractivity contribution in [3.8, 4) is 11.3 Å². The summed E-state index contributed by atoms with van der Waals surface area (Å²) in [6, 6.07) is 11.6. The van der Waals surface area contributed by atoms with Crippen LogP contribution < -0.4 is 10.2 Å². The van der Waals surface area contributed by atoms with Crippen molar-refractivity contribution in [2.45, 2.75) is 32.9 Å². The van der Waals surface area contributed by atoms with Gasteiger partial charge in [0.05, 0.1) is 15.7 Å². The summed E-state index contributed by atoms with van der Waals surface area (Å²) < 4.78 is 0. The summed E-state index contributed by atoms with van der Waals surface area (Å²) in [5.41, 5.74) is 3.08. The molecule has 0 radical (unpaired) electrons. The summed E-state index contributed by atoms with van der Waals surface area (Å²) >= 11 is 13.7. The van der Waals surface area contributed by atoms with E-state index >= 15 is 0 Å². The van der Waals surface area contributed by atoms with Crippen LogP contribution in [0.15, 0.2) is 60.5 Å². The van der Waals surface area contributed by atoms with Crippen LogP contribution in [0.2, 0.25) is 10.0 Å². The van der Waals surface area contributed by atoms with Crippen molar-refractivity contribution in [2.75, 3.05) is 11.4 Å². The van der Waals surface area contributed by atoms with Crippen molar-refractivity contribution >= 4 is 51.5 Å². The molecule has 184 valence electrons. The van der Waals surface area contributed by atoms with Gasteiger partial charge >= 0.3 is 5.97 Å². The molecule has 6 nitrogen and oxygen atoms in total. The Morgan fingerprint density at radius 1 is 1.17 bits per heavy atom. The van der Waals surface area contributed by atoms with Gasteiger partial charge in [-0.2, -0.15) is 0 Å². The molecular weight excluding hydrogens is 505 g/mol. The summed E-state index contributed by atoms with van der Waals surface area (Å²) in [5, 5.41) is 15.7. The molecule has 3 rings (SSSR count). The largest absolute Gasteiger partial charge is 0.480 e. The van der Waals surface area contributed by atoms with E-state index in [1.54, 1.807) is 24.3 Å². The van der Waals surface area contributed by atoms with E-state index in [2.05, 4.69) is 16.8 Å².